The predicted molar refractivity (Wildman–Crippen MR) is 68.5 cm³/mol. The molecule has 0 N–H and O–H groups in total. The molecule has 0 heterocycles. The number of nitro benzene ring substituents is 1. The van der Waals surface area contributed by atoms with Gasteiger partial charge in [0.05, 0.1) is 16.1 Å². The van der Waals surface area contributed by atoms with Gasteiger partial charge in [0.25, 0.3) is 5.69 Å². The molecule has 20 heavy (non-hydrogen) atoms. The molecule has 0 unspecified atom stereocenters. The SMILES string of the molecule is O=[N+]([O-])c1ccc(Cl)cc1-c1cccc(C(F)(F)F)c1. The van der Waals surface area contributed by atoms with Crippen molar-refractivity contribution in [1.29, 1.82) is 0 Å². The van der Waals surface area contributed by atoms with Crippen LogP contribution in [0.4, 0.5) is 18.9 Å². The van der Waals surface area contributed by atoms with Crippen LogP contribution in [0.25, 0.3) is 11.1 Å². The molecule has 0 aliphatic heterocycles. The third-order valence-electron chi connectivity index (χ3n) is 2.66. The molecule has 0 fully saturated rings. The van der Waals surface area contributed by atoms with E-state index in [1.807, 2.05) is 0 Å². The van der Waals surface area contributed by atoms with Crippen molar-refractivity contribution in [3.8, 4) is 11.1 Å². The Bertz CT molecular complexity index is 671. The summed E-state index contributed by atoms with van der Waals surface area (Å²) in [6.45, 7) is 0. The van der Waals surface area contributed by atoms with Gasteiger partial charge in [0, 0.05) is 11.1 Å². The number of hydrogen-bond donors (Lipinski definition) is 0. The van der Waals surface area contributed by atoms with Gasteiger partial charge >= 0.3 is 6.18 Å². The standard InChI is InChI=1S/C13H7ClF3NO2/c14-10-4-5-12(18(19)20)11(7-10)8-2-1-3-9(6-8)13(15,16)17/h1-7H. The molecule has 0 amide bonds. The molecule has 2 rings (SSSR count). The van der Waals surface area contributed by atoms with E-state index >= 15 is 0 Å². The molecule has 0 saturated carbocycles. The number of benzene rings is 2. The largest absolute Gasteiger partial charge is 0.416 e. The number of halogens is 4. The maximum Gasteiger partial charge on any atom is 0.416 e. The summed E-state index contributed by atoms with van der Waals surface area (Å²) in [6.07, 6.45) is -4.51. The molecule has 0 spiro atoms. The van der Waals surface area contributed by atoms with Crippen molar-refractivity contribution in [2.75, 3.05) is 0 Å². The van der Waals surface area contributed by atoms with E-state index in [9.17, 15) is 23.3 Å². The minimum atomic E-state index is -4.51. The highest BCUT2D eigenvalue weighted by Crippen LogP contribution is 2.36. The molecule has 0 atom stereocenters. The van der Waals surface area contributed by atoms with Crippen molar-refractivity contribution in [3.63, 3.8) is 0 Å². The Morgan fingerprint density at radius 2 is 1.80 bits per heavy atom. The lowest BCUT2D eigenvalue weighted by molar-refractivity contribution is -0.384. The molecule has 0 aliphatic rings. The molecule has 0 saturated heterocycles. The van der Waals surface area contributed by atoms with Gasteiger partial charge in [-0.2, -0.15) is 13.2 Å². The van der Waals surface area contributed by atoms with E-state index in [1.54, 1.807) is 0 Å². The van der Waals surface area contributed by atoms with Gasteiger partial charge in [-0.25, -0.2) is 0 Å². The monoisotopic (exact) mass is 301 g/mol. The van der Waals surface area contributed by atoms with Crippen LogP contribution in [-0.2, 0) is 6.18 Å². The molecule has 2 aromatic carbocycles. The minimum absolute atomic E-state index is 0.0496. The Balaban J connectivity index is 2.62. The zero-order valence-corrected chi connectivity index (χ0v) is 10.6. The van der Waals surface area contributed by atoms with Crippen LogP contribution in [0.15, 0.2) is 42.5 Å². The number of hydrogen-bond acceptors (Lipinski definition) is 2. The minimum Gasteiger partial charge on any atom is -0.258 e. The lowest BCUT2D eigenvalue weighted by Crippen LogP contribution is -2.04. The van der Waals surface area contributed by atoms with E-state index < -0.39 is 16.7 Å². The summed E-state index contributed by atoms with van der Waals surface area (Å²) in [5, 5.41) is 11.1. The zero-order valence-electron chi connectivity index (χ0n) is 9.82. The van der Waals surface area contributed by atoms with Crippen LogP contribution in [0.5, 0.6) is 0 Å². The van der Waals surface area contributed by atoms with Crippen molar-refractivity contribution >= 4 is 17.3 Å². The summed E-state index contributed by atoms with van der Waals surface area (Å²) >= 11 is 5.76. The maximum absolute atomic E-state index is 12.7. The second-order valence-corrected chi connectivity index (χ2v) is 4.43. The van der Waals surface area contributed by atoms with Gasteiger partial charge in [-0.05, 0) is 29.8 Å². The summed E-state index contributed by atoms with van der Waals surface area (Å²) in [4.78, 5) is 10.3. The molecule has 7 heteroatoms. The average Bonchev–Trinajstić information content (AvgIpc) is 2.37. The van der Waals surface area contributed by atoms with E-state index in [0.717, 1.165) is 18.2 Å². The first-order valence-electron chi connectivity index (χ1n) is 5.40. The van der Waals surface area contributed by atoms with Gasteiger partial charge in [-0.1, -0.05) is 23.7 Å². The topological polar surface area (TPSA) is 43.1 Å². The Morgan fingerprint density at radius 1 is 1.10 bits per heavy atom. The summed E-state index contributed by atoms with van der Waals surface area (Å²) in [5.41, 5.74) is -1.03. The van der Waals surface area contributed by atoms with Crippen LogP contribution in [0.3, 0.4) is 0 Å². The van der Waals surface area contributed by atoms with Gasteiger partial charge in [0.2, 0.25) is 0 Å². The first kappa shape index (κ1) is 14.3. The highest BCUT2D eigenvalue weighted by molar-refractivity contribution is 6.31. The van der Waals surface area contributed by atoms with Gasteiger partial charge in [-0.3, -0.25) is 10.1 Å². The van der Waals surface area contributed by atoms with E-state index in [4.69, 9.17) is 11.6 Å². The normalized spacial score (nSPS) is 11.4. The molecule has 3 nitrogen and oxygen atoms in total. The van der Waals surface area contributed by atoms with Crippen LogP contribution in [-0.4, -0.2) is 4.92 Å². The van der Waals surface area contributed by atoms with E-state index in [-0.39, 0.29) is 21.8 Å². The zero-order chi connectivity index (χ0) is 14.9. The lowest BCUT2D eigenvalue weighted by atomic mass is 10.0. The average molecular weight is 302 g/mol. The molecular weight excluding hydrogens is 295 g/mol. The lowest BCUT2D eigenvalue weighted by Gasteiger charge is -2.09. The number of nitro groups is 1. The van der Waals surface area contributed by atoms with Crippen LogP contribution in [0.1, 0.15) is 5.56 Å². The Kier molecular flexibility index (Phi) is 3.67. The Labute approximate surface area is 116 Å². The number of nitrogens with zero attached hydrogens (tertiary/aromatic N) is 1. The predicted octanol–water partition coefficient (Wildman–Crippen LogP) is 4.93. The first-order valence-corrected chi connectivity index (χ1v) is 5.78. The van der Waals surface area contributed by atoms with Crippen molar-refractivity contribution in [1.82, 2.24) is 0 Å². The Morgan fingerprint density at radius 3 is 2.40 bits per heavy atom. The summed E-state index contributed by atoms with van der Waals surface area (Å²) in [6, 6.07) is 8.08. The van der Waals surface area contributed by atoms with Crippen molar-refractivity contribution in [2.24, 2.45) is 0 Å². The summed E-state index contributed by atoms with van der Waals surface area (Å²) in [7, 11) is 0. The van der Waals surface area contributed by atoms with Crippen LogP contribution >= 0.6 is 11.6 Å². The molecule has 0 aromatic heterocycles. The van der Waals surface area contributed by atoms with Crippen LogP contribution in [0.2, 0.25) is 5.02 Å². The second kappa shape index (κ2) is 5.13. The fourth-order valence-corrected chi connectivity index (χ4v) is 1.93. The second-order valence-electron chi connectivity index (χ2n) is 4.00. The third-order valence-corrected chi connectivity index (χ3v) is 2.89. The number of alkyl halides is 3. The van der Waals surface area contributed by atoms with Gasteiger partial charge in [0.1, 0.15) is 0 Å². The molecule has 0 aliphatic carbocycles. The third kappa shape index (κ3) is 2.91. The summed E-state index contributed by atoms with van der Waals surface area (Å²) in [5.74, 6) is 0. The van der Waals surface area contributed by atoms with Gasteiger partial charge in [-0.15, -0.1) is 0 Å². The van der Waals surface area contributed by atoms with Crippen molar-refractivity contribution < 1.29 is 18.1 Å². The number of rotatable bonds is 2. The smallest absolute Gasteiger partial charge is 0.258 e. The van der Waals surface area contributed by atoms with Crippen LogP contribution in [0, 0.1) is 10.1 Å². The highest BCUT2D eigenvalue weighted by atomic mass is 35.5. The molecular formula is C13H7ClF3NO2. The maximum atomic E-state index is 12.7. The van der Waals surface area contributed by atoms with Gasteiger partial charge < -0.3 is 0 Å². The van der Waals surface area contributed by atoms with Crippen molar-refractivity contribution in [2.45, 2.75) is 6.18 Å². The van der Waals surface area contributed by atoms with E-state index in [2.05, 4.69) is 0 Å². The molecule has 0 radical (unpaired) electrons. The van der Waals surface area contributed by atoms with Crippen LogP contribution < -0.4 is 0 Å². The Hall–Kier alpha value is -2.08. The molecule has 2 aromatic rings. The quantitative estimate of drug-likeness (QED) is 0.583. The fraction of sp³-hybridized carbons (Fsp3) is 0.0769. The highest BCUT2D eigenvalue weighted by Gasteiger charge is 2.31. The van der Waals surface area contributed by atoms with E-state index in [1.165, 1.54) is 24.3 Å². The fourth-order valence-electron chi connectivity index (χ4n) is 1.76. The first-order chi connectivity index (χ1) is 9.29. The van der Waals surface area contributed by atoms with E-state index in [0.29, 0.717) is 0 Å². The van der Waals surface area contributed by atoms with Gasteiger partial charge in [0.15, 0.2) is 0 Å². The van der Waals surface area contributed by atoms with Crippen molar-refractivity contribution in [3.05, 3.63) is 63.2 Å². The summed E-state index contributed by atoms with van der Waals surface area (Å²) < 4.78 is 38.0. The molecule has 0 bridgehead atoms. The molecule has 104 valence electrons.